The van der Waals surface area contributed by atoms with Gasteiger partial charge in [-0.15, -0.1) is 5.11 Å². The average molecular weight is 344 g/mol. The van der Waals surface area contributed by atoms with Crippen molar-refractivity contribution in [2.75, 3.05) is 0 Å². The van der Waals surface area contributed by atoms with Crippen molar-refractivity contribution in [3.8, 4) is 11.5 Å². The second-order valence-electron chi connectivity index (χ2n) is 4.85. The summed E-state index contributed by atoms with van der Waals surface area (Å²) in [4.78, 5) is 10.5. The molecule has 0 heterocycles. The van der Waals surface area contributed by atoms with Crippen LogP contribution in [-0.2, 0) is 0 Å². The van der Waals surface area contributed by atoms with Crippen LogP contribution in [0.2, 0.25) is 5.02 Å². The molecule has 0 aliphatic carbocycles. The quantitative estimate of drug-likeness (QED) is 0.385. The van der Waals surface area contributed by atoms with Gasteiger partial charge in [-0.3, -0.25) is 10.1 Å². The van der Waals surface area contributed by atoms with Crippen LogP contribution in [0.1, 0.15) is 0 Å². The number of nitro benzene ring substituents is 1. The number of hydrogen-bond donors (Lipinski definition) is 2. The average Bonchev–Trinajstić information content (AvgIpc) is 2.60. The Bertz CT molecular complexity index is 974. The minimum atomic E-state index is -0.645. The second kappa shape index (κ2) is 6.13. The molecule has 7 nitrogen and oxygen atoms in total. The van der Waals surface area contributed by atoms with Gasteiger partial charge in [-0.2, -0.15) is 5.11 Å². The number of phenolic OH excluding ortho intramolecular Hbond substituents is 2. The van der Waals surface area contributed by atoms with Crippen molar-refractivity contribution in [2.45, 2.75) is 0 Å². The third-order valence-corrected chi connectivity index (χ3v) is 3.75. The minimum absolute atomic E-state index is 0.0552. The molecule has 0 radical (unpaired) electrons. The third-order valence-electron chi connectivity index (χ3n) is 3.39. The van der Waals surface area contributed by atoms with Gasteiger partial charge in [-0.25, -0.2) is 0 Å². The molecule has 0 aromatic heterocycles. The third kappa shape index (κ3) is 2.61. The molecule has 3 aromatic rings. The van der Waals surface area contributed by atoms with Gasteiger partial charge in [0.05, 0.1) is 10.6 Å². The predicted molar refractivity (Wildman–Crippen MR) is 89.6 cm³/mol. The Balaban J connectivity index is 2.30. The lowest BCUT2D eigenvalue weighted by atomic mass is 10.1. The molecular formula is C16H10ClN3O4. The lowest BCUT2D eigenvalue weighted by Gasteiger charge is -2.09. The maximum atomic E-state index is 11.2. The topological polar surface area (TPSA) is 108 Å². The van der Waals surface area contributed by atoms with E-state index in [9.17, 15) is 20.3 Å². The maximum Gasteiger partial charge on any atom is 0.281 e. The number of azo groups is 1. The second-order valence-corrected chi connectivity index (χ2v) is 5.23. The summed E-state index contributed by atoms with van der Waals surface area (Å²) in [6.07, 6.45) is 0. The number of hydrogen-bond acceptors (Lipinski definition) is 6. The fourth-order valence-corrected chi connectivity index (χ4v) is 2.48. The van der Waals surface area contributed by atoms with Gasteiger partial charge in [0.25, 0.3) is 5.69 Å². The number of benzene rings is 3. The van der Waals surface area contributed by atoms with E-state index >= 15 is 0 Å². The highest BCUT2D eigenvalue weighted by molar-refractivity contribution is 6.36. The molecule has 0 fully saturated rings. The van der Waals surface area contributed by atoms with Gasteiger partial charge in [0.15, 0.2) is 11.5 Å². The smallest absolute Gasteiger partial charge is 0.281 e. The van der Waals surface area contributed by atoms with Gasteiger partial charge in [0.1, 0.15) is 16.1 Å². The molecule has 3 rings (SSSR count). The normalized spacial score (nSPS) is 11.2. The molecule has 24 heavy (non-hydrogen) atoms. The summed E-state index contributed by atoms with van der Waals surface area (Å²) in [5.41, 5.74) is 0.128. The van der Waals surface area contributed by atoms with E-state index < -0.39 is 21.4 Å². The van der Waals surface area contributed by atoms with Crippen molar-refractivity contribution >= 4 is 39.4 Å². The number of non-ortho nitro benzene ring substituents is 1. The van der Waals surface area contributed by atoms with Crippen LogP contribution in [0, 0.1) is 10.1 Å². The van der Waals surface area contributed by atoms with Crippen LogP contribution in [0.4, 0.5) is 17.1 Å². The van der Waals surface area contributed by atoms with E-state index in [4.69, 9.17) is 11.6 Å². The molecule has 0 aliphatic heterocycles. The first-order valence-corrected chi connectivity index (χ1v) is 7.15. The number of rotatable bonds is 3. The Morgan fingerprint density at radius 3 is 2.33 bits per heavy atom. The van der Waals surface area contributed by atoms with Crippen LogP contribution in [0.3, 0.4) is 0 Å². The van der Waals surface area contributed by atoms with E-state index in [1.165, 1.54) is 18.2 Å². The molecule has 3 aromatic carbocycles. The first-order valence-electron chi connectivity index (χ1n) is 6.78. The van der Waals surface area contributed by atoms with Crippen molar-refractivity contribution in [3.05, 3.63) is 63.7 Å². The van der Waals surface area contributed by atoms with Crippen molar-refractivity contribution in [1.82, 2.24) is 0 Å². The van der Waals surface area contributed by atoms with Gasteiger partial charge in [-0.1, -0.05) is 41.9 Å². The predicted octanol–water partition coefficient (Wildman–Crippen LogP) is 5.23. The van der Waals surface area contributed by atoms with E-state index in [0.29, 0.717) is 5.69 Å². The standard InChI is InChI=1S/C16H10ClN3O4/c17-13-15(21)12-10(7-4-8-11(12)20(23)24)14(16(13)22)19-18-9-5-2-1-3-6-9/h1-8,21-22H. The van der Waals surface area contributed by atoms with Crippen molar-refractivity contribution in [1.29, 1.82) is 0 Å². The number of nitro groups is 1. The minimum Gasteiger partial charge on any atom is -0.505 e. The van der Waals surface area contributed by atoms with E-state index in [1.807, 2.05) is 6.07 Å². The Morgan fingerprint density at radius 1 is 0.958 bits per heavy atom. The number of nitrogens with zero attached hydrogens (tertiary/aromatic N) is 3. The molecular weight excluding hydrogens is 334 g/mol. The largest absolute Gasteiger partial charge is 0.505 e. The van der Waals surface area contributed by atoms with Gasteiger partial charge in [-0.05, 0) is 12.1 Å². The fraction of sp³-hybridized carbons (Fsp3) is 0. The molecule has 120 valence electrons. The summed E-state index contributed by atoms with van der Waals surface area (Å²) in [7, 11) is 0. The first-order chi connectivity index (χ1) is 11.5. The maximum absolute atomic E-state index is 11.2. The number of halogens is 1. The van der Waals surface area contributed by atoms with Gasteiger partial charge < -0.3 is 10.2 Å². The molecule has 0 saturated carbocycles. The zero-order valence-corrected chi connectivity index (χ0v) is 12.8. The zero-order chi connectivity index (χ0) is 17.3. The van der Waals surface area contributed by atoms with Crippen LogP contribution in [0.15, 0.2) is 58.8 Å². The Labute approximate surface area is 140 Å². The molecule has 0 bridgehead atoms. The SMILES string of the molecule is O=[N+]([O-])c1cccc2c(N=Nc3ccccc3)c(O)c(Cl)c(O)c12. The monoisotopic (exact) mass is 343 g/mol. The summed E-state index contributed by atoms with van der Waals surface area (Å²) >= 11 is 5.90. The van der Waals surface area contributed by atoms with Crippen molar-refractivity contribution in [2.24, 2.45) is 10.2 Å². The molecule has 2 N–H and O–H groups in total. The van der Waals surface area contributed by atoms with E-state index in [1.54, 1.807) is 24.3 Å². The summed E-state index contributed by atoms with van der Waals surface area (Å²) < 4.78 is 0. The van der Waals surface area contributed by atoms with Crippen LogP contribution in [0.25, 0.3) is 10.8 Å². The van der Waals surface area contributed by atoms with Gasteiger partial charge in [0, 0.05) is 11.5 Å². The number of phenols is 2. The van der Waals surface area contributed by atoms with Crippen LogP contribution in [-0.4, -0.2) is 15.1 Å². The first kappa shape index (κ1) is 15.7. The summed E-state index contributed by atoms with van der Waals surface area (Å²) in [6.45, 7) is 0. The van der Waals surface area contributed by atoms with E-state index in [-0.39, 0.29) is 22.1 Å². The van der Waals surface area contributed by atoms with Crippen molar-refractivity contribution in [3.63, 3.8) is 0 Å². The Hall–Kier alpha value is -3.19. The van der Waals surface area contributed by atoms with Crippen LogP contribution in [0.5, 0.6) is 11.5 Å². The molecule has 0 spiro atoms. The number of aromatic hydroxyl groups is 2. The lowest BCUT2D eigenvalue weighted by Crippen LogP contribution is -1.90. The van der Waals surface area contributed by atoms with Gasteiger partial charge >= 0.3 is 0 Å². The Morgan fingerprint density at radius 2 is 1.67 bits per heavy atom. The zero-order valence-electron chi connectivity index (χ0n) is 12.0. The molecule has 0 unspecified atom stereocenters. The summed E-state index contributed by atoms with van der Waals surface area (Å²) in [5.74, 6) is -1.07. The molecule has 0 amide bonds. The lowest BCUT2D eigenvalue weighted by molar-refractivity contribution is -0.383. The van der Waals surface area contributed by atoms with Crippen LogP contribution >= 0.6 is 11.6 Å². The molecule has 0 atom stereocenters. The van der Waals surface area contributed by atoms with Crippen molar-refractivity contribution < 1.29 is 15.1 Å². The highest BCUT2D eigenvalue weighted by Gasteiger charge is 2.24. The number of fused-ring (bicyclic) bond motifs is 1. The fourth-order valence-electron chi connectivity index (χ4n) is 2.30. The van der Waals surface area contributed by atoms with Crippen LogP contribution < -0.4 is 0 Å². The van der Waals surface area contributed by atoms with Gasteiger partial charge in [0.2, 0.25) is 0 Å². The molecule has 0 aliphatic rings. The highest BCUT2D eigenvalue weighted by atomic mass is 35.5. The molecule has 8 heteroatoms. The highest BCUT2D eigenvalue weighted by Crippen LogP contribution is 2.50. The van der Waals surface area contributed by atoms with E-state index in [0.717, 1.165) is 0 Å². The van der Waals surface area contributed by atoms with E-state index in [2.05, 4.69) is 10.2 Å². The molecule has 0 saturated heterocycles. The summed E-state index contributed by atoms with van der Waals surface area (Å²) in [6, 6.07) is 12.9. The summed E-state index contributed by atoms with van der Waals surface area (Å²) in [5, 5.41) is 39.1. The Kier molecular flexibility index (Phi) is 4.01.